The molecule has 0 aliphatic carbocycles. The fourth-order valence-electron chi connectivity index (χ4n) is 3.47. The number of aryl methyl sites for hydroxylation is 1. The van der Waals surface area contributed by atoms with Crippen LogP contribution in [0.15, 0.2) is 29.4 Å². The zero-order chi connectivity index (χ0) is 18.1. The van der Waals surface area contributed by atoms with Crippen molar-refractivity contribution in [2.75, 3.05) is 13.1 Å². The number of fused-ring (bicyclic) bond motifs is 3. The summed E-state index contributed by atoms with van der Waals surface area (Å²) in [6.45, 7) is 5.58. The Kier molecular flexibility index (Phi) is 4.80. The third-order valence-electron chi connectivity index (χ3n) is 4.80. The van der Waals surface area contributed by atoms with Crippen molar-refractivity contribution in [3.05, 3.63) is 30.1 Å². The molecule has 1 unspecified atom stereocenters. The van der Waals surface area contributed by atoms with E-state index in [-0.39, 0.29) is 11.2 Å². The van der Waals surface area contributed by atoms with Gasteiger partial charge in [-0.25, -0.2) is 9.97 Å². The number of benzene rings is 1. The van der Waals surface area contributed by atoms with Crippen LogP contribution < -0.4 is 0 Å². The van der Waals surface area contributed by atoms with Crippen LogP contribution >= 0.6 is 11.8 Å². The minimum Gasteiger partial charge on any atom is -0.342 e. The summed E-state index contributed by atoms with van der Waals surface area (Å²) in [6, 6.07) is 7.93. The average Bonchev–Trinajstić information content (AvgIpc) is 2.86. The topological polar surface area (TPSA) is 63.4 Å². The van der Waals surface area contributed by atoms with E-state index in [4.69, 9.17) is 4.98 Å². The van der Waals surface area contributed by atoms with Crippen LogP contribution in [0.2, 0.25) is 0 Å². The van der Waals surface area contributed by atoms with Crippen LogP contribution in [0.5, 0.6) is 0 Å². The Balaban J connectivity index is 1.66. The molecule has 6 nitrogen and oxygen atoms in total. The molecule has 3 heterocycles. The Bertz CT molecular complexity index is 946. The zero-order valence-electron chi connectivity index (χ0n) is 15.2. The van der Waals surface area contributed by atoms with Gasteiger partial charge < -0.3 is 4.90 Å². The SMILES string of the molecule is Cc1nc2c3ccccc3nc(SC(C)C(=O)N3CCCCCC3)n2n1. The lowest BCUT2D eigenvalue weighted by Crippen LogP contribution is -2.37. The first-order valence-corrected chi connectivity index (χ1v) is 10.1. The lowest BCUT2D eigenvalue weighted by molar-refractivity contribution is -0.130. The highest BCUT2D eigenvalue weighted by atomic mass is 32.2. The molecule has 1 aliphatic rings. The highest BCUT2D eigenvalue weighted by molar-refractivity contribution is 8.00. The van der Waals surface area contributed by atoms with E-state index >= 15 is 0 Å². The number of nitrogens with zero attached hydrogens (tertiary/aromatic N) is 5. The second-order valence-corrected chi connectivity index (χ2v) is 8.11. The summed E-state index contributed by atoms with van der Waals surface area (Å²) in [5, 5.41) is 5.99. The molecule has 0 bridgehead atoms. The zero-order valence-corrected chi connectivity index (χ0v) is 16.0. The van der Waals surface area contributed by atoms with Crippen LogP contribution in [-0.4, -0.2) is 48.7 Å². The molecule has 0 saturated carbocycles. The molecule has 0 radical (unpaired) electrons. The lowest BCUT2D eigenvalue weighted by atomic mass is 10.2. The van der Waals surface area contributed by atoms with Crippen LogP contribution in [0.25, 0.3) is 16.6 Å². The molecule has 136 valence electrons. The summed E-state index contributed by atoms with van der Waals surface area (Å²) in [5.41, 5.74) is 1.68. The van der Waals surface area contributed by atoms with Crippen LogP contribution in [-0.2, 0) is 4.79 Å². The van der Waals surface area contributed by atoms with E-state index in [1.807, 2.05) is 43.0 Å². The number of likely N-dealkylation sites (tertiary alicyclic amines) is 1. The predicted molar refractivity (Wildman–Crippen MR) is 103 cm³/mol. The molecule has 1 fully saturated rings. The fraction of sp³-hybridized carbons (Fsp3) is 0.474. The number of hydrogen-bond acceptors (Lipinski definition) is 5. The van der Waals surface area contributed by atoms with E-state index in [0.717, 1.165) is 47.6 Å². The van der Waals surface area contributed by atoms with Gasteiger partial charge in [-0.2, -0.15) is 4.52 Å². The molecule has 1 aromatic carbocycles. The first-order chi connectivity index (χ1) is 12.6. The molecular weight excluding hydrogens is 346 g/mol. The molecule has 26 heavy (non-hydrogen) atoms. The number of aromatic nitrogens is 4. The van der Waals surface area contributed by atoms with Gasteiger partial charge in [-0.05, 0) is 38.8 Å². The van der Waals surface area contributed by atoms with Gasteiger partial charge in [0.25, 0.3) is 0 Å². The molecule has 1 atom stereocenters. The number of amides is 1. The van der Waals surface area contributed by atoms with Gasteiger partial charge in [0.15, 0.2) is 10.8 Å². The van der Waals surface area contributed by atoms with Gasteiger partial charge >= 0.3 is 0 Å². The highest BCUT2D eigenvalue weighted by Gasteiger charge is 2.24. The number of carbonyl (C=O) groups excluding carboxylic acids is 1. The van der Waals surface area contributed by atoms with Crippen molar-refractivity contribution in [2.24, 2.45) is 0 Å². The van der Waals surface area contributed by atoms with Gasteiger partial charge in [0.2, 0.25) is 5.91 Å². The van der Waals surface area contributed by atoms with Crippen molar-refractivity contribution in [2.45, 2.75) is 49.9 Å². The monoisotopic (exact) mass is 369 g/mol. The van der Waals surface area contributed by atoms with Crippen LogP contribution in [0, 0.1) is 6.92 Å². The van der Waals surface area contributed by atoms with Gasteiger partial charge in [-0.3, -0.25) is 4.79 Å². The highest BCUT2D eigenvalue weighted by Crippen LogP contribution is 2.27. The Hall–Kier alpha value is -2.15. The summed E-state index contributed by atoms with van der Waals surface area (Å²) in [7, 11) is 0. The molecule has 3 aromatic rings. The molecule has 2 aromatic heterocycles. The number of para-hydroxylation sites is 1. The molecule has 1 aliphatic heterocycles. The van der Waals surface area contributed by atoms with Crippen LogP contribution in [0.3, 0.4) is 0 Å². The van der Waals surface area contributed by atoms with Crippen molar-refractivity contribution >= 4 is 34.2 Å². The molecule has 7 heteroatoms. The summed E-state index contributed by atoms with van der Waals surface area (Å²) >= 11 is 1.47. The quantitative estimate of drug-likeness (QED) is 0.522. The van der Waals surface area contributed by atoms with Crippen molar-refractivity contribution in [1.82, 2.24) is 24.5 Å². The maximum absolute atomic E-state index is 12.9. The van der Waals surface area contributed by atoms with Gasteiger partial charge in [0, 0.05) is 18.5 Å². The first-order valence-electron chi connectivity index (χ1n) is 9.21. The molecule has 0 spiro atoms. The Morgan fingerprint density at radius 1 is 1.12 bits per heavy atom. The Morgan fingerprint density at radius 3 is 2.62 bits per heavy atom. The van der Waals surface area contributed by atoms with Crippen molar-refractivity contribution < 1.29 is 4.79 Å². The lowest BCUT2D eigenvalue weighted by Gasteiger charge is -2.23. The van der Waals surface area contributed by atoms with Crippen molar-refractivity contribution in [3.63, 3.8) is 0 Å². The summed E-state index contributed by atoms with van der Waals surface area (Å²) in [5.74, 6) is 0.897. The summed E-state index contributed by atoms with van der Waals surface area (Å²) in [4.78, 5) is 24.2. The third kappa shape index (κ3) is 3.28. The first kappa shape index (κ1) is 17.3. The number of rotatable bonds is 3. The number of thioether (sulfide) groups is 1. The van der Waals surface area contributed by atoms with Gasteiger partial charge in [0.1, 0.15) is 5.82 Å². The number of hydrogen-bond donors (Lipinski definition) is 0. The summed E-state index contributed by atoms with van der Waals surface area (Å²) < 4.78 is 1.77. The van der Waals surface area contributed by atoms with E-state index in [2.05, 4.69) is 10.1 Å². The van der Waals surface area contributed by atoms with Crippen LogP contribution in [0.4, 0.5) is 0 Å². The van der Waals surface area contributed by atoms with Crippen molar-refractivity contribution in [3.8, 4) is 0 Å². The Labute approximate surface area is 157 Å². The normalized spacial score (nSPS) is 16.8. The van der Waals surface area contributed by atoms with Gasteiger partial charge in [-0.1, -0.05) is 36.7 Å². The average molecular weight is 369 g/mol. The van der Waals surface area contributed by atoms with Gasteiger partial charge in [0.05, 0.1) is 10.8 Å². The molecule has 1 saturated heterocycles. The maximum atomic E-state index is 12.9. The molecule has 1 amide bonds. The Morgan fingerprint density at radius 2 is 1.85 bits per heavy atom. The molecular formula is C19H23N5OS. The van der Waals surface area contributed by atoms with Crippen molar-refractivity contribution in [1.29, 1.82) is 0 Å². The fourth-order valence-corrected chi connectivity index (χ4v) is 4.41. The standard InChI is InChI=1S/C19H23N5OS/c1-13(18(25)23-11-7-3-4-8-12-23)26-19-21-16-10-6-5-9-15(16)17-20-14(2)22-24(17)19/h5-6,9-10,13H,3-4,7-8,11-12H2,1-2H3. The van der Waals surface area contributed by atoms with Gasteiger partial charge in [-0.15, -0.1) is 5.10 Å². The largest absolute Gasteiger partial charge is 0.342 e. The minimum absolute atomic E-state index is 0.192. The van der Waals surface area contributed by atoms with E-state index in [1.54, 1.807) is 4.52 Å². The third-order valence-corrected chi connectivity index (χ3v) is 5.83. The number of carbonyl (C=O) groups is 1. The van der Waals surface area contributed by atoms with E-state index in [9.17, 15) is 4.79 Å². The van der Waals surface area contributed by atoms with E-state index in [1.165, 1.54) is 24.6 Å². The van der Waals surface area contributed by atoms with E-state index in [0.29, 0.717) is 5.82 Å². The summed E-state index contributed by atoms with van der Waals surface area (Å²) in [6.07, 6.45) is 4.64. The second-order valence-electron chi connectivity index (χ2n) is 6.81. The minimum atomic E-state index is -0.200. The predicted octanol–water partition coefficient (Wildman–Crippen LogP) is 3.47. The maximum Gasteiger partial charge on any atom is 0.235 e. The van der Waals surface area contributed by atoms with E-state index < -0.39 is 0 Å². The smallest absolute Gasteiger partial charge is 0.235 e. The molecule has 0 N–H and O–H groups in total. The van der Waals surface area contributed by atoms with Crippen LogP contribution in [0.1, 0.15) is 38.4 Å². The molecule has 4 rings (SSSR count). The second kappa shape index (κ2) is 7.23.